The number of amidine groups is 1. The highest BCUT2D eigenvalue weighted by Crippen LogP contribution is 2.20. The van der Waals surface area contributed by atoms with E-state index in [1.807, 2.05) is 66.4 Å². The average molecular weight is 661 g/mol. The van der Waals surface area contributed by atoms with Gasteiger partial charge in [-0.15, -0.1) is 0 Å². The molecule has 3 aromatic heterocycles. The van der Waals surface area contributed by atoms with E-state index in [-0.39, 0.29) is 17.7 Å². The summed E-state index contributed by atoms with van der Waals surface area (Å²) in [5.41, 5.74) is 2.80. The molecule has 0 saturated carbocycles. The van der Waals surface area contributed by atoms with Crippen molar-refractivity contribution in [2.75, 3.05) is 43.9 Å². The Balaban J connectivity index is 1.16. The summed E-state index contributed by atoms with van der Waals surface area (Å²) in [5, 5.41) is 17.8. The number of hydrogen-bond donors (Lipinski definition) is 7. The van der Waals surface area contributed by atoms with Gasteiger partial charge in [0.25, 0.3) is 17.6 Å². The van der Waals surface area contributed by atoms with E-state index in [1.165, 1.54) is 0 Å². The van der Waals surface area contributed by atoms with Crippen LogP contribution in [-0.2, 0) is 11.8 Å². The zero-order chi connectivity index (χ0) is 34.6. The maximum atomic E-state index is 13.2. The summed E-state index contributed by atoms with van der Waals surface area (Å²) in [6.45, 7) is 5.64. The number of amides is 3. The molecule has 0 fully saturated rings. The van der Waals surface area contributed by atoms with Gasteiger partial charge in [0.05, 0.1) is 19.8 Å². The molecule has 0 spiro atoms. The number of hydrogen-bond acceptors (Lipinski definition) is 5. The summed E-state index contributed by atoms with van der Waals surface area (Å²) in [5.74, 6) is 1.02. The minimum Gasteiger partial charge on any atom is -0.369 e. The van der Waals surface area contributed by atoms with Crippen LogP contribution < -0.4 is 41.7 Å². The second-order valence-electron chi connectivity index (χ2n) is 11.4. The van der Waals surface area contributed by atoms with Gasteiger partial charge in [0.15, 0.2) is 0 Å². The van der Waals surface area contributed by atoms with E-state index in [2.05, 4.69) is 48.1 Å². The highest BCUT2D eigenvalue weighted by atomic mass is 16.2. The van der Waals surface area contributed by atoms with E-state index in [4.69, 9.17) is 0 Å². The predicted octanol–water partition coefficient (Wildman–Crippen LogP) is 2.17. The van der Waals surface area contributed by atoms with Crippen LogP contribution in [0.2, 0.25) is 0 Å². The van der Waals surface area contributed by atoms with E-state index in [0.717, 1.165) is 27.3 Å². The maximum absolute atomic E-state index is 13.2. The zero-order valence-electron chi connectivity index (χ0n) is 27.7. The number of pyridine rings is 1. The third-order valence-corrected chi connectivity index (χ3v) is 7.89. The van der Waals surface area contributed by atoms with Gasteiger partial charge in [0, 0.05) is 53.7 Å². The summed E-state index contributed by atoms with van der Waals surface area (Å²) in [7, 11) is 3.65. The number of nitrogens with one attached hydrogen (secondary N) is 7. The molecular weight excluding hydrogens is 618 g/mol. The Morgan fingerprint density at radius 2 is 1.71 bits per heavy atom. The molecule has 4 aromatic rings. The Hall–Kier alpha value is -6.17. The van der Waals surface area contributed by atoms with Crippen molar-refractivity contribution in [2.45, 2.75) is 12.8 Å². The summed E-state index contributed by atoms with van der Waals surface area (Å²) < 4.78 is 1.98. The number of carbonyl (C=O) groups excluding carboxylic acids is 3. The van der Waals surface area contributed by atoms with Crippen LogP contribution in [0.15, 0.2) is 96.2 Å². The minimum atomic E-state index is -0.302. The van der Waals surface area contributed by atoms with Gasteiger partial charge in [-0.1, -0.05) is 43.0 Å². The summed E-state index contributed by atoms with van der Waals surface area (Å²) in [6.07, 6.45) is 14.1. The van der Waals surface area contributed by atoms with Crippen LogP contribution in [0.1, 0.15) is 33.8 Å². The van der Waals surface area contributed by atoms with E-state index in [1.54, 1.807) is 43.5 Å². The van der Waals surface area contributed by atoms with Crippen molar-refractivity contribution in [3.05, 3.63) is 113 Å². The molecule has 0 radical (unpaired) electrons. The molecule has 5 rings (SSSR count). The number of fused-ring (bicyclic) bond motifs is 2. The number of anilines is 2. The number of benzene rings is 1. The molecule has 12 nitrogen and oxygen atoms in total. The monoisotopic (exact) mass is 660 g/mol. The molecule has 0 unspecified atom stereocenters. The van der Waals surface area contributed by atoms with Crippen LogP contribution in [0.25, 0.3) is 23.1 Å². The molecule has 0 aliphatic heterocycles. The topological polar surface area (TPSA) is 159 Å². The van der Waals surface area contributed by atoms with Crippen molar-refractivity contribution < 1.29 is 19.0 Å². The fourth-order valence-corrected chi connectivity index (χ4v) is 5.30. The number of rotatable bonds is 13. The number of carbonyl (C=O) groups is 3. The molecule has 0 bridgehead atoms. The van der Waals surface area contributed by atoms with Gasteiger partial charge < -0.3 is 31.2 Å². The van der Waals surface area contributed by atoms with Crippen LogP contribution in [0.5, 0.6) is 0 Å². The Labute approximate surface area is 284 Å². The van der Waals surface area contributed by atoms with E-state index >= 15 is 0 Å². The maximum Gasteiger partial charge on any atom is 0.274 e. The van der Waals surface area contributed by atoms with E-state index in [9.17, 15) is 14.4 Å². The van der Waals surface area contributed by atoms with Crippen molar-refractivity contribution in [1.29, 1.82) is 0 Å². The largest absolute Gasteiger partial charge is 0.369 e. The Bertz CT molecular complexity index is 2070. The standard InChI is InChI=1S/C37H41N9O3/c1-4-5-11-33(38-2)39-17-19-42-36(48)31-23-27-13-15-28(24-30(27)45-31)43-37(49)32-22-26-10-8-9-25(14-16-29(26)44-32)35(47)41-20-18-40-34-12-6-7-21-46(34)3/h4-7,10-16,21-24H,1,8-9,17-20H2,2-3H3,(H6,38,39,41,42,43,44,45,47,48,49)/p+1/b11-5-,26-10-. The number of aliphatic imine (C=N–C) groups is 1. The lowest BCUT2D eigenvalue weighted by molar-refractivity contribution is -0.657. The quantitative estimate of drug-likeness (QED) is 0.0385. The lowest BCUT2D eigenvalue weighted by Gasteiger charge is -2.08. The molecule has 1 aromatic carbocycles. The van der Waals surface area contributed by atoms with Gasteiger partial charge in [-0.25, -0.2) is 4.57 Å². The Morgan fingerprint density at radius 1 is 0.918 bits per heavy atom. The lowest BCUT2D eigenvalue weighted by Crippen LogP contribution is -2.35. The van der Waals surface area contributed by atoms with Gasteiger partial charge in [0.2, 0.25) is 5.91 Å². The molecule has 1 aliphatic rings. The molecule has 0 atom stereocenters. The second kappa shape index (κ2) is 16.6. The average Bonchev–Trinajstić information content (AvgIpc) is 3.71. The molecule has 12 heteroatoms. The van der Waals surface area contributed by atoms with Crippen LogP contribution in [0.4, 0.5) is 11.5 Å². The van der Waals surface area contributed by atoms with Gasteiger partial charge in [-0.3, -0.25) is 24.7 Å². The third-order valence-electron chi connectivity index (χ3n) is 7.89. The number of aromatic nitrogens is 3. The van der Waals surface area contributed by atoms with Gasteiger partial charge in [0.1, 0.15) is 23.8 Å². The third kappa shape index (κ3) is 9.22. The second-order valence-corrected chi connectivity index (χ2v) is 11.4. The lowest BCUT2D eigenvalue weighted by atomic mass is 10.1. The highest BCUT2D eigenvalue weighted by Gasteiger charge is 2.14. The molecule has 3 heterocycles. The predicted molar refractivity (Wildman–Crippen MR) is 195 cm³/mol. The fraction of sp³-hybridized carbons (Fsp3) is 0.216. The summed E-state index contributed by atoms with van der Waals surface area (Å²) in [6, 6.07) is 14.9. The number of aryl methyl sites for hydroxylation is 1. The van der Waals surface area contributed by atoms with Gasteiger partial charge in [-0.05, 0) is 60.5 Å². The molecule has 252 valence electrons. The summed E-state index contributed by atoms with van der Waals surface area (Å²) >= 11 is 0. The van der Waals surface area contributed by atoms with E-state index < -0.39 is 0 Å². The van der Waals surface area contributed by atoms with Crippen LogP contribution >= 0.6 is 0 Å². The number of aromatic amines is 2. The van der Waals surface area contributed by atoms with Crippen molar-refractivity contribution in [1.82, 2.24) is 25.9 Å². The van der Waals surface area contributed by atoms with Crippen molar-refractivity contribution in [3.63, 3.8) is 0 Å². The molecular formula is C37H42N9O3+. The highest BCUT2D eigenvalue weighted by molar-refractivity contribution is 6.05. The summed E-state index contributed by atoms with van der Waals surface area (Å²) in [4.78, 5) is 49.3. The first-order valence-corrected chi connectivity index (χ1v) is 16.1. The number of nitrogens with zero attached hydrogens (tertiary/aromatic N) is 2. The van der Waals surface area contributed by atoms with Crippen molar-refractivity contribution >= 4 is 58.1 Å². The Morgan fingerprint density at radius 3 is 2.53 bits per heavy atom. The first-order valence-electron chi connectivity index (χ1n) is 16.1. The van der Waals surface area contributed by atoms with Crippen LogP contribution in [0.3, 0.4) is 0 Å². The fourth-order valence-electron chi connectivity index (χ4n) is 5.30. The first kappa shape index (κ1) is 34.2. The van der Waals surface area contributed by atoms with Gasteiger partial charge in [-0.2, -0.15) is 0 Å². The van der Waals surface area contributed by atoms with E-state index in [0.29, 0.717) is 67.5 Å². The van der Waals surface area contributed by atoms with Crippen LogP contribution in [0, 0.1) is 0 Å². The number of allylic oxidation sites excluding steroid dienone is 3. The molecule has 7 N–H and O–H groups in total. The molecule has 3 amide bonds. The molecule has 49 heavy (non-hydrogen) atoms. The Kier molecular flexibility index (Phi) is 11.6. The zero-order valence-corrected chi connectivity index (χ0v) is 27.7. The molecule has 1 aliphatic carbocycles. The van der Waals surface area contributed by atoms with Crippen molar-refractivity contribution in [3.8, 4) is 0 Å². The first-order chi connectivity index (χ1) is 23.8. The number of H-pyrrole nitrogens is 2. The van der Waals surface area contributed by atoms with Crippen LogP contribution in [-0.4, -0.2) is 66.8 Å². The molecule has 0 saturated heterocycles. The smallest absolute Gasteiger partial charge is 0.274 e. The normalized spacial score (nSPS) is 15.3. The van der Waals surface area contributed by atoms with Crippen molar-refractivity contribution in [2.24, 2.45) is 12.0 Å². The minimum absolute atomic E-state index is 0.109. The van der Waals surface area contributed by atoms with Gasteiger partial charge >= 0.3 is 0 Å². The SMILES string of the molecule is C=C/C=C\C(=NC)NCCNC(=O)c1cc2ccc(NC(=O)c3cc4/c([nH]3)=C\C=C(/C(=O)NCCNc3cccc[n+]3C)CC\C=4)cc2[nH]1.